The maximum atomic E-state index is 11.1. The molecule has 0 aromatic heterocycles. The Hall–Kier alpha value is -2.98. The van der Waals surface area contributed by atoms with Crippen LogP contribution in [0.5, 0.6) is 0 Å². The van der Waals surface area contributed by atoms with Gasteiger partial charge in [0.25, 0.3) is 0 Å². The molecule has 43 heavy (non-hydrogen) atoms. The monoisotopic (exact) mass is 617 g/mol. The van der Waals surface area contributed by atoms with E-state index in [-0.39, 0.29) is 48.3 Å². The minimum absolute atomic E-state index is 0.0381. The molecule has 0 aromatic rings. The molecule has 0 radical (unpaired) electrons. The summed E-state index contributed by atoms with van der Waals surface area (Å²) in [6.07, 6.45) is 4.92. The Balaban J connectivity index is 0.000000577. The van der Waals surface area contributed by atoms with Crippen LogP contribution >= 0.6 is 0 Å². The van der Waals surface area contributed by atoms with Crippen molar-refractivity contribution in [3.8, 4) is 0 Å². The molecule has 0 bridgehead atoms. The van der Waals surface area contributed by atoms with E-state index in [1.165, 1.54) is 0 Å². The molecule has 3 saturated heterocycles. The van der Waals surface area contributed by atoms with Crippen molar-refractivity contribution in [1.82, 2.24) is 0 Å². The van der Waals surface area contributed by atoms with Crippen molar-refractivity contribution in [3.63, 3.8) is 0 Å². The number of carbonyl (C=O) groups excluding carboxylic acids is 5. The number of carboxylic acids is 1. The molecular weight excluding hydrogens is 566 g/mol. The molecular formula is C28H51N5O10. The first kappa shape index (κ1) is 40.0. The first-order valence-corrected chi connectivity index (χ1v) is 14.7. The number of rotatable bonds is 10. The Morgan fingerprint density at radius 1 is 0.628 bits per heavy atom. The van der Waals surface area contributed by atoms with Gasteiger partial charge in [-0.3, -0.25) is 28.8 Å². The Bertz CT molecular complexity index is 831. The van der Waals surface area contributed by atoms with Crippen molar-refractivity contribution >= 4 is 35.3 Å². The lowest BCUT2D eigenvalue weighted by Crippen LogP contribution is -2.41. The quantitative estimate of drug-likeness (QED) is 0.177. The number of carbonyl (C=O) groups is 6. The first-order chi connectivity index (χ1) is 20.2. The van der Waals surface area contributed by atoms with Crippen molar-refractivity contribution in [3.05, 3.63) is 0 Å². The van der Waals surface area contributed by atoms with Gasteiger partial charge in [-0.2, -0.15) is 0 Å². The van der Waals surface area contributed by atoms with Crippen molar-refractivity contribution in [1.29, 1.82) is 0 Å². The molecule has 3 heterocycles. The van der Waals surface area contributed by atoms with Crippen LogP contribution in [-0.2, 0) is 43.0 Å². The lowest BCUT2D eigenvalue weighted by atomic mass is 9.93. The zero-order chi connectivity index (χ0) is 32.9. The number of ketones is 2. The van der Waals surface area contributed by atoms with E-state index in [0.717, 1.165) is 19.3 Å². The predicted octanol–water partition coefficient (Wildman–Crippen LogP) is -0.720. The molecule has 0 aromatic carbocycles. The summed E-state index contributed by atoms with van der Waals surface area (Å²) in [7, 11) is 0. The van der Waals surface area contributed by atoms with Crippen molar-refractivity contribution < 1.29 is 48.1 Å². The van der Waals surface area contributed by atoms with Crippen LogP contribution in [0.1, 0.15) is 78.1 Å². The van der Waals surface area contributed by atoms with Crippen LogP contribution in [0.15, 0.2) is 0 Å². The second kappa shape index (κ2) is 22.5. The number of hydrogen-bond acceptors (Lipinski definition) is 11. The summed E-state index contributed by atoms with van der Waals surface area (Å²) in [6, 6.07) is 0.0793. The number of aliphatic carboxylic acids is 1. The molecule has 0 saturated carbocycles. The van der Waals surface area contributed by atoms with Crippen molar-refractivity contribution in [2.75, 3.05) is 26.4 Å². The van der Waals surface area contributed by atoms with E-state index in [2.05, 4.69) is 0 Å². The summed E-state index contributed by atoms with van der Waals surface area (Å²) in [6.45, 7) is 4.91. The first-order valence-electron chi connectivity index (χ1n) is 14.7. The van der Waals surface area contributed by atoms with Gasteiger partial charge in [0.2, 0.25) is 17.7 Å². The number of nitrogens with two attached hydrogens (primary N) is 5. The second-order valence-electron chi connectivity index (χ2n) is 10.7. The van der Waals surface area contributed by atoms with E-state index >= 15 is 0 Å². The van der Waals surface area contributed by atoms with Crippen LogP contribution in [0.4, 0.5) is 0 Å². The standard InChI is InChI=1S/C10H17NO3.C9H16N2O3.C6H12N2O2.C3H6O2/c1-2-8(12)5-7-3-4-9(10(11)13)14-6-7;10-4-7(12)3-6-1-2-8(9(11)13)14-5-6;7-4-1-2-5(6(8)9)10-3-4;1-2-3(4)5/h7,9H,2-6H2,1H3,(H2,11,13);6,8H,1-5,10H2,(H2,11,13);4-5H,1-3,7H2,(H2,8,9);2H2,1H3,(H,4,5)/t7-,9-;6-,8-;4-,5+;/m001./s1. The number of carboxylic acid groups (broad SMARTS) is 1. The van der Waals surface area contributed by atoms with Crippen LogP contribution in [-0.4, -0.2) is 91.1 Å². The molecule has 0 aliphatic carbocycles. The highest BCUT2D eigenvalue weighted by molar-refractivity contribution is 5.81. The maximum absolute atomic E-state index is 11.1. The molecule has 3 fully saturated rings. The third-order valence-electron chi connectivity index (χ3n) is 6.96. The molecule has 3 amide bonds. The normalized spacial score (nSPS) is 26.4. The van der Waals surface area contributed by atoms with Gasteiger partial charge in [0.1, 0.15) is 29.9 Å². The van der Waals surface area contributed by atoms with E-state index < -0.39 is 36.1 Å². The van der Waals surface area contributed by atoms with E-state index in [0.29, 0.717) is 58.3 Å². The summed E-state index contributed by atoms with van der Waals surface area (Å²) in [4.78, 5) is 63.6. The van der Waals surface area contributed by atoms with Crippen molar-refractivity contribution in [2.45, 2.75) is 102 Å². The van der Waals surface area contributed by atoms with Crippen LogP contribution < -0.4 is 28.7 Å². The minimum atomic E-state index is -0.745. The highest BCUT2D eigenvalue weighted by Gasteiger charge is 2.27. The lowest BCUT2D eigenvalue weighted by Gasteiger charge is -2.26. The Kier molecular flexibility index (Phi) is 21.0. The van der Waals surface area contributed by atoms with E-state index in [1.54, 1.807) is 6.92 Å². The smallest absolute Gasteiger partial charge is 0.303 e. The average Bonchev–Trinajstić information content (AvgIpc) is 2.98. The van der Waals surface area contributed by atoms with Crippen molar-refractivity contribution in [2.24, 2.45) is 40.5 Å². The third kappa shape index (κ3) is 19.0. The second-order valence-corrected chi connectivity index (χ2v) is 10.7. The van der Waals surface area contributed by atoms with E-state index in [4.69, 9.17) is 48.0 Å². The summed E-state index contributed by atoms with van der Waals surface area (Å²) >= 11 is 0. The Labute approximate surface area is 252 Å². The molecule has 0 unspecified atom stereocenters. The van der Waals surface area contributed by atoms with Gasteiger partial charge in [0.05, 0.1) is 26.4 Å². The molecule has 6 atom stereocenters. The van der Waals surface area contributed by atoms with Gasteiger partial charge in [0.15, 0.2) is 0 Å². The summed E-state index contributed by atoms with van der Waals surface area (Å²) in [5.41, 5.74) is 25.9. The molecule has 3 rings (SSSR count). The van der Waals surface area contributed by atoms with Crippen LogP contribution in [0, 0.1) is 11.8 Å². The largest absolute Gasteiger partial charge is 0.481 e. The third-order valence-corrected chi connectivity index (χ3v) is 6.96. The average molecular weight is 618 g/mol. The number of ether oxygens (including phenoxy) is 3. The lowest BCUT2D eigenvalue weighted by molar-refractivity contribution is -0.137. The fourth-order valence-corrected chi connectivity index (χ4v) is 4.25. The number of amides is 3. The molecule has 248 valence electrons. The fraction of sp³-hybridized carbons (Fsp3) is 0.786. The highest BCUT2D eigenvalue weighted by Crippen LogP contribution is 2.22. The summed E-state index contributed by atoms with van der Waals surface area (Å²) < 4.78 is 15.6. The number of hydrogen-bond donors (Lipinski definition) is 6. The Morgan fingerprint density at radius 3 is 1.26 bits per heavy atom. The number of Topliss-reactive ketones (excluding diaryl/α,β-unsaturated/α-hetero) is 2. The van der Waals surface area contributed by atoms with Crippen LogP contribution in [0.25, 0.3) is 0 Å². The van der Waals surface area contributed by atoms with E-state index in [1.807, 2.05) is 6.92 Å². The zero-order valence-corrected chi connectivity index (χ0v) is 25.4. The van der Waals surface area contributed by atoms with E-state index in [9.17, 15) is 28.8 Å². The highest BCUT2D eigenvalue weighted by atomic mass is 16.5. The van der Waals surface area contributed by atoms with Gasteiger partial charge >= 0.3 is 5.97 Å². The Morgan fingerprint density at radius 2 is 1.00 bits per heavy atom. The maximum Gasteiger partial charge on any atom is 0.303 e. The summed E-state index contributed by atoms with van der Waals surface area (Å²) in [5.74, 6) is -1.18. The molecule has 3 aliphatic heterocycles. The zero-order valence-electron chi connectivity index (χ0n) is 25.4. The van der Waals surface area contributed by atoms with Gasteiger partial charge < -0.3 is 48.0 Å². The van der Waals surface area contributed by atoms with Crippen LogP contribution in [0.2, 0.25) is 0 Å². The predicted molar refractivity (Wildman–Crippen MR) is 156 cm³/mol. The van der Waals surface area contributed by atoms with Gasteiger partial charge in [0, 0.05) is 31.7 Å². The fourth-order valence-electron chi connectivity index (χ4n) is 4.25. The van der Waals surface area contributed by atoms with Crippen LogP contribution in [0.3, 0.4) is 0 Å². The van der Waals surface area contributed by atoms with Gasteiger partial charge in [-0.05, 0) is 50.4 Å². The molecule has 0 spiro atoms. The van der Waals surface area contributed by atoms with Gasteiger partial charge in [-0.25, -0.2) is 0 Å². The SMILES string of the molecule is CCC(=O)C[C@@H]1CC[C@@H](C(N)=O)OC1.CCC(=O)O.NC(=O)[C@@H]1CC[C@@H](N)CO1.NCC(=O)C[C@@H]1CC[C@@H](C(N)=O)OC1. The molecule has 15 heteroatoms. The summed E-state index contributed by atoms with van der Waals surface area (Å²) in [5, 5.41) is 7.72. The topological polar surface area (TPSA) is 280 Å². The van der Waals surface area contributed by atoms with Gasteiger partial charge in [-0.1, -0.05) is 13.8 Å². The molecule has 15 nitrogen and oxygen atoms in total. The molecule has 11 N–H and O–H groups in total. The molecule has 3 aliphatic rings. The number of primary amides is 3. The van der Waals surface area contributed by atoms with Gasteiger partial charge in [-0.15, -0.1) is 0 Å². The minimum Gasteiger partial charge on any atom is -0.481 e.